The summed E-state index contributed by atoms with van der Waals surface area (Å²) in [4.78, 5) is 35.1. The van der Waals surface area contributed by atoms with Crippen LogP contribution in [-0.2, 0) is 33.2 Å². The summed E-state index contributed by atoms with van der Waals surface area (Å²) in [5.74, 6) is -2.41. The van der Waals surface area contributed by atoms with Crippen LogP contribution in [0.5, 0.6) is 0 Å². The van der Waals surface area contributed by atoms with E-state index in [1.165, 1.54) is 0 Å². The minimum atomic E-state index is -3.07. The summed E-state index contributed by atoms with van der Waals surface area (Å²) >= 11 is 0. The van der Waals surface area contributed by atoms with Crippen molar-refractivity contribution in [2.24, 2.45) is 11.8 Å². The summed E-state index contributed by atoms with van der Waals surface area (Å²) in [5.41, 5.74) is 0. The average Bonchev–Trinajstić information content (AvgIpc) is 2.25. The molecule has 1 N–H and O–H groups in total. The van der Waals surface area contributed by atoms with Crippen LogP contribution in [0.3, 0.4) is 0 Å². The van der Waals surface area contributed by atoms with E-state index < -0.39 is 38.5 Å². The largest absolute Gasteiger partial charge is 0.726 e. The first-order valence-corrected chi connectivity index (χ1v) is 6.27. The number of esters is 2. The number of carbonyl (C=O) groups is 2. The number of hydrogen-bond acceptors (Lipinski definition) is 7. The highest BCUT2D eigenvalue weighted by atomic mass is 31.1. The molecule has 0 aliphatic heterocycles. The van der Waals surface area contributed by atoms with Crippen LogP contribution in [0.15, 0.2) is 0 Å². The Bertz CT molecular complexity index is 292. The fourth-order valence-electron chi connectivity index (χ4n) is 0.597. The van der Waals surface area contributed by atoms with E-state index in [-0.39, 0.29) is 0 Å². The summed E-state index contributed by atoms with van der Waals surface area (Å²) in [6.45, 7) is 4.39. The summed E-state index contributed by atoms with van der Waals surface area (Å²) in [7, 11) is -3.07. The highest BCUT2D eigenvalue weighted by Crippen LogP contribution is 2.18. The van der Waals surface area contributed by atoms with Gasteiger partial charge in [0.25, 0.3) is 0 Å². The van der Waals surface area contributed by atoms with Crippen molar-refractivity contribution in [3.05, 3.63) is 0 Å². The SMILES string of the molecule is CC(C)C(=O)OC(OO[P+](=O)O)OC(=O)C(C)C. The summed E-state index contributed by atoms with van der Waals surface area (Å²) in [6, 6.07) is 0. The molecule has 9 heteroatoms. The van der Waals surface area contributed by atoms with Crippen molar-refractivity contribution in [3.8, 4) is 0 Å². The van der Waals surface area contributed by atoms with Gasteiger partial charge >= 0.3 is 26.7 Å². The smallest absolute Gasteiger partial charge is 0.398 e. The molecule has 18 heavy (non-hydrogen) atoms. The van der Waals surface area contributed by atoms with Gasteiger partial charge in [-0.05, 0) is 0 Å². The molecular weight excluding hydrogens is 267 g/mol. The maximum Gasteiger partial charge on any atom is 0.726 e. The summed E-state index contributed by atoms with van der Waals surface area (Å²) < 4.78 is 23.4. The van der Waals surface area contributed by atoms with Gasteiger partial charge in [0.05, 0.1) is 16.5 Å². The van der Waals surface area contributed by atoms with Gasteiger partial charge in [0.2, 0.25) is 0 Å². The first-order chi connectivity index (χ1) is 8.23. The minimum absolute atomic E-state index is 0.489. The van der Waals surface area contributed by atoms with Crippen LogP contribution in [-0.4, -0.2) is 23.3 Å². The maximum absolute atomic E-state index is 11.3. The second-order valence-electron chi connectivity index (χ2n) is 3.88. The highest BCUT2D eigenvalue weighted by molar-refractivity contribution is 7.31. The van der Waals surface area contributed by atoms with E-state index in [1.54, 1.807) is 27.7 Å². The van der Waals surface area contributed by atoms with Gasteiger partial charge in [-0.15, -0.1) is 9.78 Å². The molecule has 0 aliphatic carbocycles. The highest BCUT2D eigenvalue weighted by Gasteiger charge is 2.28. The second kappa shape index (κ2) is 8.10. The Kier molecular flexibility index (Phi) is 7.61. The Morgan fingerprint density at radius 1 is 1.00 bits per heavy atom. The van der Waals surface area contributed by atoms with E-state index in [0.29, 0.717) is 0 Å². The van der Waals surface area contributed by atoms with E-state index in [1.807, 2.05) is 0 Å². The van der Waals surface area contributed by atoms with E-state index in [0.717, 1.165) is 0 Å². The summed E-state index contributed by atoms with van der Waals surface area (Å²) in [6.07, 6.45) is 0. The fourth-order valence-corrected chi connectivity index (χ4v) is 0.741. The number of ether oxygens (including phenoxy) is 2. The minimum Gasteiger partial charge on any atom is -0.398 e. The van der Waals surface area contributed by atoms with E-state index in [4.69, 9.17) is 4.89 Å². The predicted octanol–water partition coefficient (Wildman–Crippen LogP) is 1.27. The van der Waals surface area contributed by atoms with Gasteiger partial charge in [-0.3, -0.25) is 9.59 Å². The first-order valence-electron chi connectivity index (χ1n) is 5.14. The molecule has 0 rings (SSSR count). The van der Waals surface area contributed by atoms with Gasteiger partial charge < -0.3 is 9.47 Å². The molecule has 1 atom stereocenters. The van der Waals surface area contributed by atoms with Crippen molar-refractivity contribution in [3.63, 3.8) is 0 Å². The third kappa shape index (κ3) is 7.29. The van der Waals surface area contributed by atoms with Crippen molar-refractivity contribution in [1.29, 1.82) is 0 Å². The van der Waals surface area contributed by atoms with E-state index in [2.05, 4.69) is 19.0 Å². The fraction of sp³-hybridized carbons (Fsp3) is 0.778. The Morgan fingerprint density at radius 2 is 1.39 bits per heavy atom. The van der Waals surface area contributed by atoms with Crippen molar-refractivity contribution in [1.82, 2.24) is 0 Å². The zero-order valence-corrected chi connectivity index (χ0v) is 11.4. The zero-order chi connectivity index (χ0) is 14.3. The third-order valence-corrected chi connectivity index (χ3v) is 1.77. The molecule has 0 aromatic rings. The second-order valence-corrected chi connectivity index (χ2v) is 4.51. The Morgan fingerprint density at radius 3 is 1.67 bits per heavy atom. The molecule has 0 aromatic carbocycles. The number of carbonyl (C=O) groups excluding carboxylic acids is 2. The molecule has 0 saturated heterocycles. The monoisotopic (exact) mass is 283 g/mol. The van der Waals surface area contributed by atoms with Crippen molar-refractivity contribution in [2.45, 2.75) is 34.2 Å². The molecule has 0 amide bonds. The molecule has 0 saturated carbocycles. The summed E-state index contributed by atoms with van der Waals surface area (Å²) in [5, 5.41) is 0. The molecule has 0 heterocycles. The average molecular weight is 283 g/mol. The van der Waals surface area contributed by atoms with Gasteiger partial charge in [-0.1, -0.05) is 27.7 Å². The van der Waals surface area contributed by atoms with Crippen molar-refractivity contribution < 1.29 is 38.1 Å². The molecule has 1 unspecified atom stereocenters. The normalized spacial score (nSPS) is 11.9. The van der Waals surface area contributed by atoms with Gasteiger partial charge in [0.15, 0.2) is 0 Å². The Hall–Kier alpha value is -1.08. The number of rotatable bonds is 7. The lowest BCUT2D eigenvalue weighted by atomic mass is 10.2. The van der Waals surface area contributed by atoms with E-state index >= 15 is 0 Å². The predicted molar refractivity (Wildman–Crippen MR) is 57.6 cm³/mol. The van der Waals surface area contributed by atoms with Crippen LogP contribution in [0.1, 0.15) is 27.7 Å². The first kappa shape index (κ1) is 16.9. The lowest BCUT2D eigenvalue weighted by Gasteiger charge is -2.16. The molecule has 0 spiro atoms. The van der Waals surface area contributed by atoms with Crippen LogP contribution < -0.4 is 0 Å². The molecule has 0 bridgehead atoms. The lowest BCUT2D eigenvalue weighted by molar-refractivity contribution is -0.381. The molecular formula is C9H16O8P+. The topological polar surface area (TPSA) is 108 Å². The van der Waals surface area contributed by atoms with Crippen LogP contribution in [0.4, 0.5) is 0 Å². The van der Waals surface area contributed by atoms with Gasteiger partial charge in [-0.25, -0.2) is 0 Å². The van der Waals surface area contributed by atoms with Gasteiger partial charge in [-0.2, -0.15) is 0 Å². The van der Waals surface area contributed by atoms with Crippen molar-refractivity contribution in [2.75, 3.05) is 0 Å². The van der Waals surface area contributed by atoms with E-state index in [9.17, 15) is 14.2 Å². The lowest BCUT2D eigenvalue weighted by Crippen LogP contribution is -2.30. The van der Waals surface area contributed by atoms with Crippen molar-refractivity contribution >= 4 is 20.2 Å². The van der Waals surface area contributed by atoms with Crippen LogP contribution in [0.25, 0.3) is 0 Å². The quantitative estimate of drug-likeness (QED) is 0.244. The molecule has 0 aromatic heterocycles. The number of hydrogen-bond donors (Lipinski definition) is 1. The molecule has 0 aliphatic rings. The Balaban J connectivity index is 4.46. The third-order valence-electron chi connectivity index (χ3n) is 1.55. The van der Waals surface area contributed by atoms with Gasteiger partial charge in [0.1, 0.15) is 0 Å². The Labute approximate surface area is 105 Å². The molecule has 0 fully saturated rings. The maximum atomic E-state index is 11.3. The standard InChI is InChI=1S/C9H15O8P/c1-5(2)7(10)14-9(16-17-18(12)13)15-8(11)6(3)4/h5-6,9H,1-4H3/p+1. The van der Waals surface area contributed by atoms with Crippen LogP contribution in [0, 0.1) is 11.8 Å². The zero-order valence-electron chi connectivity index (χ0n) is 10.5. The molecule has 8 nitrogen and oxygen atoms in total. The molecule has 104 valence electrons. The van der Waals surface area contributed by atoms with Crippen LogP contribution in [0.2, 0.25) is 0 Å². The van der Waals surface area contributed by atoms with Crippen LogP contribution >= 0.6 is 8.25 Å². The van der Waals surface area contributed by atoms with Gasteiger partial charge in [0, 0.05) is 4.57 Å². The molecule has 0 radical (unpaired) electrons.